The van der Waals surface area contributed by atoms with Crippen LogP contribution in [0.15, 0.2) is 109 Å². The summed E-state index contributed by atoms with van der Waals surface area (Å²) in [6.45, 7) is 7.93. The number of amides is 1. The van der Waals surface area contributed by atoms with Crippen LogP contribution in [0.1, 0.15) is 92.7 Å². The van der Waals surface area contributed by atoms with Crippen LogP contribution in [0.4, 0.5) is 4.39 Å². The molecule has 0 saturated heterocycles. The number of nitrogens with zero attached hydrogens (tertiary/aromatic N) is 3. The van der Waals surface area contributed by atoms with E-state index in [1.807, 2.05) is 19.1 Å². The van der Waals surface area contributed by atoms with Gasteiger partial charge in [-0.05, 0) is 83.3 Å². The van der Waals surface area contributed by atoms with Gasteiger partial charge >= 0.3 is 0 Å². The summed E-state index contributed by atoms with van der Waals surface area (Å²) in [5, 5.41) is 25.6. The number of carbonyl (C=O) groups excluding carboxylic acids is 1. The zero-order valence-electron chi connectivity index (χ0n) is 33.3. The van der Waals surface area contributed by atoms with Crippen molar-refractivity contribution in [2.24, 2.45) is 5.92 Å². The molecule has 0 bridgehead atoms. The Morgan fingerprint density at radius 3 is 2.00 bits per heavy atom. The number of carbonyl (C=O) groups is 1. The minimum absolute atomic E-state index is 0.0214. The third-order valence-corrected chi connectivity index (χ3v) is 17.6. The van der Waals surface area contributed by atoms with Gasteiger partial charge in [0.25, 0.3) is 14.2 Å². The molecule has 1 aromatic heterocycles. The number of rotatable bonds is 13. The number of halogens is 3. The smallest absolute Gasteiger partial charge is 0.261 e. The minimum atomic E-state index is -2.80. The van der Waals surface area contributed by atoms with E-state index in [9.17, 15) is 15.0 Å². The third-order valence-electron chi connectivity index (χ3n) is 12.0. The summed E-state index contributed by atoms with van der Waals surface area (Å²) in [6.07, 6.45) is 5.82. The summed E-state index contributed by atoms with van der Waals surface area (Å²) in [4.78, 5) is 24.7. The van der Waals surface area contributed by atoms with E-state index in [0.717, 1.165) is 0 Å². The molecule has 2 atom stereocenters. The topological polar surface area (TPSA) is 105 Å². The Morgan fingerprint density at radius 2 is 1.47 bits per heavy atom. The molecule has 58 heavy (non-hydrogen) atoms. The van der Waals surface area contributed by atoms with Crippen LogP contribution in [0.5, 0.6) is 0 Å². The Hall–Kier alpha value is -4.00. The normalized spacial score (nSPS) is 20.8. The Morgan fingerprint density at radius 1 is 0.879 bits per heavy atom. The highest BCUT2D eigenvalue weighted by molar-refractivity contribution is 6.99. The van der Waals surface area contributed by atoms with Crippen molar-refractivity contribution in [3.8, 4) is 0 Å². The summed E-state index contributed by atoms with van der Waals surface area (Å²) >= 11 is 12.4. The van der Waals surface area contributed by atoms with Crippen LogP contribution >= 0.6 is 23.2 Å². The van der Waals surface area contributed by atoms with E-state index in [1.165, 1.54) is 33.7 Å². The number of benzene rings is 4. The van der Waals surface area contributed by atoms with Crippen LogP contribution in [0.2, 0.25) is 15.1 Å². The van der Waals surface area contributed by atoms with Gasteiger partial charge in [-0.25, -0.2) is 14.4 Å². The lowest BCUT2D eigenvalue weighted by Crippen LogP contribution is -2.67. The molecule has 8 nitrogen and oxygen atoms in total. The molecular formula is C46H50Cl2FN3O5Si. The minimum Gasteiger partial charge on any atom is -0.404 e. The van der Waals surface area contributed by atoms with Crippen LogP contribution in [0.3, 0.4) is 0 Å². The second-order valence-electron chi connectivity index (χ2n) is 16.3. The van der Waals surface area contributed by atoms with Crippen molar-refractivity contribution in [2.45, 2.75) is 88.8 Å². The molecule has 4 aromatic carbocycles. The van der Waals surface area contributed by atoms with E-state index >= 15 is 4.39 Å². The first kappa shape index (κ1) is 42.1. The van der Waals surface area contributed by atoms with Crippen LogP contribution in [0.25, 0.3) is 0 Å². The largest absolute Gasteiger partial charge is 0.404 e. The summed E-state index contributed by atoms with van der Waals surface area (Å²) < 4.78 is 31.0. The van der Waals surface area contributed by atoms with Gasteiger partial charge in [0.2, 0.25) is 0 Å². The second kappa shape index (κ2) is 16.9. The molecule has 0 spiro atoms. The lowest BCUT2D eigenvalue weighted by atomic mass is 9.71. The fraction of sp³-hybridized carbons (Fsp3) is 0.370. The molecular weight excluding hydrogens is 793 g/mol. The first-order chi connectivity index (χ1) is 27.8. The molecule has 1 amide bonds. The highest BCUT2D eigenvalue weighted by atomic mass is 35.5. The molecule has 2 aliphatic rings. The highest BCUT2D eigenvalue weighted by Crippen LogP contribution is 2.51. The Balaban J connectivity index is 1.24. The van der Waals surface area contributed by atoms with Gasteiger partial charge in [-0.1, -0.05) is 124 Å². The predicted molar refractivity (Wildman–Crippen MR) is 227 cm³/mol. The maximum Gasteiger partial charge on any atom is 0.261 e. The van der Waals surface area contributed by atoms with E-state index < -0.39 is 31.4 Å². The molecule has 0 radical (unpaired) electrons. The lowest BCUT2D eigenvalue weighted by molar-refractivity contribution is -0.121. The first-order valence-electron chi connectivity index (χ1n) is 19.9. The zero-order valence-corrected chi connectivity index (χ0v) is 35.8. The average Bonchev–Trinajstić information content (AvgIpc) is 3.47. The molecule has 1 aliphatic heterocycles. The van der Waals surface area contributed by atoms with Gasteiger partial charge in [-0.15, -0.1) is 0 Å². The Bertz CT molecular complexity index is 2160. The Labute approximate surface area is 351 Å². The summed E-state index contributed by atoms with van der Waals surface area (Å²) in [6, 6.07) is 30.7. The van der Waals surface area contributed by atoms with E-state index in [2.05, 4.69) is 79.3 Å². The van der Waals surface area contributed by atoms with Crippen molar-refractivity contribution in [2.75, 3.05) is 13.2 Å². The molecule has 1 saturated carbocycles. The van der Waals surface area contributed by atoms with E-state index in [-0.39, 0.29) is 53.8 Å². The number of aromatic nitrogens is 2. The molecule has 2 heterocycles. The summed E-state index contributed by atoms with van der Waals surface area (Å²) in [5.74, 6) is -1.23. The maximum atomic E-state index is 17.2. The van der Waals surface area contributed by atoms with Gasteiger partial charge in [0, 0.05) is 29.1 Å². The van der Waals surface area contributed by atoms with Crippen LogP contribution in [0, 0.1) is 11.7 Å². The fourth-order valence-corrected chi connectivity index (χ4v) is 14.2. The second-order valence-corrected chi connectivity index (χ2v) is 21.5. The monoisotopic (exact) mass is 841 g/mol. The van der Waals surface area contributed by atoms with Gasteiger partial charge in [0.05, 0.1) is 41.5 Å². The van der Waals surface area contributed by atoms with E-state index in [4.69, 9.17) is 32.4 Å². The quantitative estimate of drug-likeness (QED) is 0.115. The van der Waals surface area contributed by atoms with E-state index in [0.29, 0.717) is 53.3 Å². The van der Waals surface area contributed by atoms with Crippen LogP contribution < -0.4 is 10.4 Å². The van der Waals surface area contributed by atoms with Crippen LogP contribution in [-0.4, -0.2) is 58.6 Å². The van der Waals surface area contributed by atoms with Crippen molar-refractivity contribution >= 4 is 47.8 Å². The molecule has 7 rings (SSSR count). The van der Waals surface area contributed by atoms with Gasteiger partial charge in [-0.3, -0.25) is 9.69 Å². The molecule has 1 unspecified atom stereocenters. The summed E-state index contributed by atoms with van der Waals surface area (Å²) in [7, 11) is -2.80. The molecule has 5 aromatic rings. The molecule has 304 valence electrons. The number of ether oxygens (including phenoxy) is 1. The molecule has 1 fully saturated rings. The van der Waals surface area contributed by atoms with Gasteiger partial charge < -0.3 is 19.4 Å². The van der Waals surface area contributed by atoms with Crippen molar-refractivity contribution in [3.63, 3.8) is 0 Å². The summed E-state index contributed by atoms with van der Waals surface area (Å²) in [5.41, 5.74) is -2.48. The number of hydrogen-bond donors (Lipinski definition) is 2. The van der Waals surface area contributed by atoms with Gasteiger partial charge in [0.15, 0.2) is 5.72 Å². The first-order valence-corrected chi connectivity index (χ1v) is 22.6. The average molecular weight is 843 g/mol. The standard InChI is InChI=1S/C46H50Cl2FN3O5Si/c1-5-45(55,31-18-22-36(23-19-31)57-58(44(2,3)4,37-12-8-6-9-13-37)38-14-10-7-11-15-38)33-26-39-42(40(49)27-33)46(56-25-24-53,32-16-20-34(47)21-17-32)52(43(39)54)30-41-50-28-35(48)29-51-41/h6-17,20-21,26-29,31,36,53,55H,5,18-19,22-25,30H2,1-4H3/t31-,36-,45?,46-/m1/s1. The SMILES string of the molecule is CCC(O)(c1cc(F)c2c(c1)C(=O)N(Cc1ncc(Cl)cn1)[C@@]2(OCCO)c1ccc(Cl)cc1)[C@H]1CC[C@H](O[Si](c2ccccc2)(c2ccccc2)C(C)(C)C)CC1. The molecule has 1 aliphatic carbocycles. The van der Waals surface area contributed by atoms with Crippen molar-refractivity contribution in [3.05, 3.63) is 153 Å². The van der Waals surface area contributed by atoms with Gasteiger partial charge in [-0.2, -0.15) is 0 Å². The van der Waals surface area contributed by atoms with E-state index in [1.54, 1.807) is 30.3 Å². The van der Waals surface area contributed by atoms with Crippen molar-refractivity contribution < 1.29 is 28.6 Å². The number of hydrogen-bond acceptors (Lipinski definition) is 7. The fourth-order valence-electron chi connectivity index (χ4n) is 9.27. The number of aliphatic hydroxyl groups excluding tert-OH is 1. The van der Waals surface area contributed by atoms with Crippen molar-refractivity contribution in [1.29, 1.82) is 0 Å². The number of aliphatic hydroxyl groups is 2. The molecule has 2 N–H and O–H groups in total. The number of fused-ring (bicyclic) bond motifs is 1. The Kier molecular flexibility index (Phi) is 12.3. The lowest BCUT2D eigenvalue weighted by Gasteiger charge is -2.47. The molecule has 12 heteroatoms. The highest BCUT2D eigenvalue weighted by Gasteiger charge is 2.56. The maximum absolute atomic E-state index is 17.2. The van der Waals surface area contributed by atoms with Crippen molar-refractivity contribution in [1.82, 2.24) is 14.9 Å². The third kappa shape index (κ3) is 7.53. The predicted octanol–water partition coefficient (Wildman–Crippen LogP) is 8.52. The van der Waals surface area contributed by atoms with Crippen LogP contribution in [-0.2, 0) is 27.0 Å². The van der Waals surface area contributed by atoms with Gasteiger partial charge in [0.1, 0.15) is 11.6 Å². The zero-order chi connectivity index (χ0) is 41.3.